The second-order valence-electron chi connectivity index (χ2n) is 5.81. The summed E-state index contributed by atoms with van der Waals surface area (Å²) in [6.07, 6.45) is -0.0825. The third kappa shape index (κ3) is 4.26. The number of hydrogen-bond donors (Lipinski definition) is 1. The molecule has 1 aliphatic rings. The summed E-state index contributed by atoms with van der Waals surface area (Å²) in [4.78, 5) is 14.7. The van der Waals surface area contributed by atoms with Crippen LogP contribution in [-0.2, 0) is 9.53 Å². The van der Waals surface area contributed by atoms with Gasteiger partial charge in [-0.25, -0.2) is 0 Å². The number of aromatic nitrogens is 2. The molecule has 2 heterocycles. The van der Waals surface area contributed by atoms with Crippen molar-refractivity contribution in [1.29, 1.82) is 0 Å². The number of amides is 1. The van der Waals surface area contributed by atoms with Crippen LogP contribution in [0.4, 0.5) is 11.5 Å². The fraction of sp³-hybridized carbons (Fsp3) is 0.471. The maximum Gasteiger partial charge on any atom is 0.271 e. The van der Waals surface area contributed by atoms with Gasteiger partial charge in [0.1, 0.15) is 0 Å². The zero-order valence-electron chi connectivity index (χ0n) is 14.4. The first-order valence-corrected chi connectivity index (χ1v) is 9.10. The number of ether oxygens (including phenoxy) is 2. The average molecular weight is 362 g/mol. The van der Waals surface area contributed by atoms with Crippen LogP contribution in [0.3, 0.4) is 0 Å². The molecule has 1 saturated heterocycles. The number of anilines is 2. The Morgan fingerprint density at radius 1 is 1.36 bits per heavy atom. The first kappa shape index (κ1) is 17.6. The topological polar surface area (TPSA) is 76.6 Å². The van der Waals surface area contributed by atoms with E-state index in [-0.39, 0.29) is 5.91 Å². The van der Waals surface area contributed by atoms with Crippen LogP contribution in [0.15, 0.2) is 24.3 Å². The van der Waals surface area contributed by atoms with Crippen LogP contribution in [-0.4, -0.2) is 47.1 Å². The Hall–Kier alpha value is -2.19. The monoisotopic (exact) mass is 362 g/mol. The van der Waals surface area contributed by atoms with Gasteiger partial charge >= 0.3 is 0 Å². The maximum atomic E-state index is 12.6. The van der Waals surface area contributed by atoms with Gasteiger partial charge < -0.3 is 19.7 Å². The Balaban J connectivity index is 1.69. The number of para-hydroxylation sites is 1. The van der Waals surface area contributed by atoms with E-state index >= 15 is 0 Å². The van der Waals surface area contributed by atoms with E-state index in [1.54, 1.807) is 0 Å². The Morgan fingerprint density at radius 2 is 2.12 bits per heavy atom. The number of nitrogens with one attached hydrogen (secondary N) is 1. The van der Waals surface area contributed by atoms with Crippen LogP contribution in [0, 0.1) is 6.92 Å². The van der Waals surface area contributed by atoms with Crippen molar-refractivity contribution >= 4 is 29.1 Å². The van der Waals surface area contributed by atoms with Gasteiger partial charge in [-0.2, -0.15) is 4.37 Å². The average Bonchev–Trinajstić information content (AvgIpc) is 3.10. The molecule has 8 heteroatoms. The number of nitrogens with zero attached hydrogens (tertiary/aromatic N) is 3. The molecule has 1 amide bonds. The van der Waals surface area contributed by atoms with Gasteiger partial charge in [0.25, 0.3) is 11.8 Å². The van der Waals surface area contributed by atoms with E-state index in [1.165, 1.54) is 0 Å². The Kier molecular flexibility index (Phi) is 5.83. The van der Waals surface area contributed by atoms with Crippen LogP contribution in [0.1, 0.15) is 18.9 Å². The van der Waals surface area contributed by atoms with E-state index in [2.05, 4.69) is 19.0 Å². The lowest BCUT2D eigenvalue weighted by atomic mass is 10.2. The number of aryl methyl sites for hydroxylation is 1. The fourth-order valence-corrected chi connectivity index (χ4v) is 3.11. The van der Waals surface area contributed by atoms with Gasteiger partial charge in [0.15, 0.2) is 6.10 Å². The third-order valence-corrected chi connectivity index (χ3v) is 4.58. The third-order valence-electron chi connectivity index (χ3n) is 4.07. The number of benzene rings is 1. The molecule has 1 aromatic carbocycles. The van der Waals surface area contributed by atoms with Crippen molar-refractivity contribution in [2.24, 2.45) is 0 Å². The largest absolute Gasteiger partial charge is 0.461 e. The predicted octanol–water partition coefficient (Wildman–Crippen LogP) is 2.48. The van der Waals surface area contributed by atoms with Gasteiger partial charge in [-0.1, -0.05) is 25.1 Å². The minimum Gasteiger partial charge on any atom is -0.461 e. The molecular formula is C17H22N4O3S. The SMILES string of the molecule is CCC(Oc1nsnc1N1CCOCC1)C(=O)Nc1ccccc1C. The van der Waals surface area contributed by atoms with E-state index in [0.29, 0.717) is 31.3 Å². The van der Waals surface area contributed by atoms with Gasteiger partial charge in [0.2, 0.25) is 5.82 Å². The van der Waals surface area contributed by atoms with Crippen molar-refractivity contribution in [3.05, 3.63) is 29.8 Å². The number of carbonyl (C=O) groups is 1. The van der Waals surface area contributed by atoms with E-state index in [1.807, 2.05) is 38.1 Å². The zero-order valence-corrected chi connectivity index (χ0v) is 15.2. The second-order valence-corrected chi connectivity index (χ2v) is 6.34. The van der Waals surface area contributed by atoms with Crippen LogP contribution in [0.25, 0.3) is 0 Å². The summed E-state index contributed by atoms with van der Waals surface area (Å²) in [6.45, 7) is 6.67. The highest BCUT2D eigenvalue weighted by Gasteiger charge is 2.25. The Morgan fingerprint density at radius 3 is 2.84 bits per heavy atom. The highest BCUT2D eigenvalue weighted by atomic mass is 32.1. The fourth-order valence-electron chi connectivity index (χ4n) is 2.60. The number of carbonyl (C=O) groups excluding carboxylic acids is 1. The van der Waals surface area contributed by atoms with Crippen molar-refractivity contribution in [3.8, 4) is 5.88 Å². The predicted molar refractivity (Wildman–Crippen MR) is 97.5 cm³/mol. The van der Waals surface area contributed by atoms with Crippen LogP contribution < -0.4 is 15.0 Å². The summed E-state index contributed by atoms with van der Waals surface area (Å²) in [7, 11) is 0. The molecule has 0 aliphatic carbocycles. The quantitative estimate of drug-likeness (QED) is 0.851. The molecule has 1 aliphatic heterocycles. The van der Waals surface area contributed by atoms with Crippen LogP contribution >= 0.6 is 11.7 Å². The minimum absolute atomic E-state index is 0.183. The van der Waals surface area contributed by atoms with E-state index in [0.717, 1.165) is 36.1 Å². The van der Waals surface area contributed by atoms with Crippen molar-refractivity contribution in [2.75, 3.05) is 36.5 Å². The highest BCUT2D eigenvalue weighted by Crippen LogP contribution is 2.28. The van der Waals surface area contributed by atoms with Gasteiger partial charge in [0, 0.05) is 18.8 Å². The zero-order chi connectivity index (χ0) is 17.6. The molecule has 0 saturated carbocycles. The Labute approximate surface area is 151 Å². The molecule has 2 aromatic rings. The second kappa shape index (κ2) is 8.26. The maximum absolute atomic E-state index is 12.6. The molecule has 1 atom stereocenters. The lowest BCUT2D eigenvalue weighted by Crippen LogP contribution is -2.37. The molecule has 1 aromatic heterocycles. The molecule has 1 fully saturated rings. The van der Waals surface area contributed by atoms with Crippen molar-refractivity contribution in [3.63, 3.8) is 0 Å². The molecule has 0 bridgehead atoms. The molecule has 0 radical (unpaired) electrons. The molecule has 7 nitrogen and oxygen atoms in total. The Bertz CT molecular complexity index is 715. The van der Waals surface area contributed by atoms with Crippen LogP contribution in [0.2, 0.25) is 0 Å². The van der Waals surface area contributed by atoms with Crippen molar-refractivity contribution in [1.82, 2.24) is 8.75 Å². The van der Waals surface area contributed by atoms with Gasteiger partial charge in [-0.3, -0.25) is 4.79 Å². The van der Waals surface area contributed by atoms with E-state index in [9.17, 15) is 4.79 Å². The first-order valence-electron chi connectivity index (χ1n) is 8.37. The lowest BCUT2D eigenvalue weighted by Gasteiger charge is -2.27. The number of morpholine rings is 1. The van der Waals surface area contributed by atoms with E-state index in [4.69, 9.17) is 9.47 Å². The summed E-state index contributed by atoms with van der Waals surface area (Å²) >= 11 is 1.09. The molecule has 1 unspecified atom stereocenters. The van der Waals surface area contributed by atoms with Crippen molar-refractivity contribution < 1.29 is 14.3 Å². The van der Waals surface area contributed by atoms with E-state index < -0.39 is 6.10 Å². The summed E-state index contributed by atoms with van der Waals surface area (Å²) in [5.41, 5.74) is 1.80. The molecule has 134 valence electrons. The summed E-state index contributed by atoms with van der Waals surface area (Å²) < 4.78 is 19.8. The van der Waals surface area contributed by atoms with Gasteiger partial charge in [-0.15, -0.1) is 4.37 Å². The molecule has 25 heavy (non-hydrogen) atoms. The molecule has 0 spiro atoms. The molecule has 1 N–H and O–H groups in total. The standard InChI is InChI=1S/C17H22N4O3S/c1-3-14(16(22)18-13-7-5-4-6-12(13)2)24-17-15(19-25-20-17)21-8-10-23-11-9-21/h4-7,14H,3,8-11H2,1-2H3,(H,18,22). The summed E-state index contributed by atoms with van der Waals surface area (Å²) in [5.74, 6) is 0.923. The smallest absolute Gasteiger partial charge is 0.271 e. The minimum atomic E-state index is -0.622. The van der Waals surface area contributed by atoms with Gasteiger partial charge in [0.05, 0.1) is 24.9 Å². The number of rotatable bonds is 6. The number of hydrogen-bond acceptors (Lipinski definition) is 7. The lowest BCUT2D eigenvalue weighted by molar-refractivity contribution is -0.122. The summed E-state index contributed by atoms with van der Waals surface area (Å²) in [5, 5.41) is 2.93. The summed E-state index contributed by atoms with van der Waals surface area (Å²) in [6, 6.07) is 7.67. The van der Waals surface area contributed by atoms with Gasteiger partial charge in [-0.05, 0) is 25.0 Å². The normalized spacial score (nSPS) is 15.7. The highest BCUT2D eigenvalue weighted by molar-refractivity contribution is 6.99. The molecule has 3 rings (SSSR count). The van der Waals surface area contributed by atoms with Crippen molar-refractivity contribution in [2.45, 2.75) is 26.4 Å². The first-order chi connectivity index (χ1) is 12.2. The van der Waals surface area contributed by atoms with Crippen LogP contribution in [0.5, 0.6) is 5.88 Å². The molecular weight excluding hydrogens is 340 g/mol.